The first-order chi connectivity index (χ1) is 12.0. The third-order valence-corrected chi connectivity index (χ3v) is 4.46. The summed E-state index contributed by atoms with van der Waals surface area (Å²) in [5, 5.41) is 25.6. The van der Waals surface area contributed by atoms with Crippen LogP contribution in [0.1, 0.15) is 25.3 Å². The van der Waals surface area contributed by atoms with Gasteiger partial charge in [-0.1, -0.05) is 0 Å². The molecule has 2 aliphatic rings. The van der Waals surface area contributed by atoms with Crippen LogP contribution >= 0.6 is 0 Å². The van der Waals surface area contributed by atoms with Crippen molar-refractivity contribution in [3.63, 3.8) is 0 Å². The molecule has 9 heteroatoms. The van der Waals surface area contributed by atoms with Crippen molar-refractivity contribution >= 4 is 5.95 Å². The zero-order valence-corrected chi connectivity index (χ0v) is 14.0. The molecule has 1 aromatic heterocycles. The molecular weight excluding hydrogens is 329 g/mol. The number of halogens is 1. The fraction of sp³-hybridized carbons (Fsp3) is 0.688. The summed E-state index contributed by atoms with van der Waals surface area (Å²) in [6, 6.07) is 1.58. The minimum absolute atomic E-state index is 0.0801. The number of nitrogens with one attached hydrogen (secondary N) is 2. The van der Waals surface area contributed by atoms with E-state index in [1.54, 1.807) is 6.92 Å². The van der Waals surface area contributed by atoms with Crippen LogP contribution in [0.5, 0.6) is 5.88 Å². The number of rotatable bonds is 4. The minimum atomic E-state index is -1.18. The molecule has 4 atom stereocenters. The van der Waals surface area contributed by atoms with Gasteiger partial charge in [-0.3, -0.25) is 0 Å². The van der Waals surface area contributed by atoms with Crippen LogP contribution in [0, 0.1) is 11.3 Å². The second-order valence-electron chi connectivity index (χ2n) is 6.59. The van der Waals surface area contributed by atoms with E-state index in [-0.39, 0.29) is 30.5 Å². The largest absolute Gasteiger partial charge is 0.470 e. The van der Waals surface area contributed by atoms with Crippen molar-refractivity contribution in [3.05, 3.63) is 11.8 Å². The smallest absolute Gasteiger partial charge is 0.236 e. The molecule has 2 aliphatic heterocycles. The highest BCUT2D eigenvalue weighted by Crippen LogP contribution is 2.26. The first-order valence-electron chi connectivity index (χ1n) is 8.35. The summed E-state index contributed by atoms with van der Waals surface area (Å²) in [5.41, 5.74) is -1.02. The van der Waals surface area contributed by atoms with Gasteiger partial charge in [-0.2, -0.15) is 10.2 Å². The second-order valence-corrected chi connectivity index (χ2v) is 6.59. The lowest BCUT2D eigenvalue weighted by Crippen LogP contribution is -2.51. The van der Waals surface area contributed by atoms with Crippen molar-refractivity contribution in [3.8, 4) is 11.9 Å². The lowest BCUT2D eigenvalue weighted by Gasteiger charge is -2.36. The first-order valence-corrected chi connectivity index (χ1v) is 8.35. The molecule has 3 rings (SSSR count). The molecule has 0 amide bonds. The van der Waals surface area contributed by atoms with Crippen molar-refractivity contribution in [2.24, 2.45) is 0 Å². The van der Waals surface area contributed by atoms with Crippen LogP contribution in [0.2, 0.25) is 0 Å². The maximum Gasteiger partial charge on any atom is 0.236 e. The number of alkyl halides is 1. The van der Waals surface area contributed by atoms with Crippen LogP contribution in [0.15, 0.2) is 6.20 Å². The van der Waals surface area contributed by atoms with Crippen molar-refractivity contribution in [2.75, 3.05) is 31.6 Å². The summed E-state index contributed by atoms with van der Waals surface area (Å²) in [7, 11) is 0. The summed E-state index contributed by atoms with van der Waals surface area (Å²) in [5.74, 6) is 0.284. The van der Waals surface area contributed by atoms with E-state index in [9.17, 15) is 14.8 Å². The van der Waals surface area contributed by atoms with Gasteiger partial charge in [-0.15, -0.1) is 0 Å². The van der Waals surface area contributed by atoms with E-state index in [4.69, 9.17) is 9.47 Å². The van der Waals surface area contributed by atoms with E-state index in [2.05, 4.69) is 20.6 Å². The zero-order chi connectivity index (χ0) is 17.9. The monoisotopic (exact) mass is 351 g/mol. The summed E-state index contributed by atoms with van der Waals surface area (Å²) >= 11 is 0. The molecule has 0 unspecified atom stereocenters. The van der Waals surface area contributed by atoms with Crippen LogP contribution in [-0.4, -0.2) is 65.3 Å². The van der Waals surface area contributed by atoms with Gasteiger partial charge in [0.2, 0.25) is 11.8 Å². The number of anilines is 1. The van der Waals surface area contributed by atoms with E-state index in [1.807, 2.05) is 6.07 Å². The van der Waals surface area contributed by atoms with Crippen LogP contribution in [0.25, 0.3) is 0 Å². The molecule has 1 aromatic rings. The molecule has 2 saturated heterocycles. The highest BCUT2D eigenvalue weighted by atomic mass is 19.1. The lowest BCUT2D eigenvalue weighted by molar-refractivity contribution is -0.139. The molecule has 3 N–H and O–H groups in total. The van der Waals surface area contributed by atoms with Crippen LogP contribution in [0.3, 0.4) is 0 Å². The number of hydrogen-bond acceptors (Lipinski definition) is 8. The van der Waals surface area contributed by atoms with E-state index < -0.39 is 23.9 Å². The van der Waals surface area contributed by atoms with E-state index >= 15 is 0 Å². The Hall–Kier alpha value is -2.02. The lowest BCUT2D eigenvalue weighted by atomic mass is 9.95. The number of piperidine rings is 1. The molecule has 0 aliphatic carbocycles. The molecule has 0 radical (unpaired) electrons. The maximum atomic E-state index is 13.9. The van der Waals surface area contributed by atoms with Crippen molar-refractivity contribution in [1.29, 1.82) is 5.26 Å². The molecular formula is C16H22FN5O3. The standard InChI is InChI=1S/C16H22FN5O3/c1-16(23)9-24-5-3-13(16)25-14-10(6-18)7-20-15(22-14)21-12-2-4-19-8-11(12)17/h7,11-13,19,23H,2-5,8-9H2,1H3,(H,20,21,22)/t11-,12+,13+,16-/m1/s1. The number of nitriles is 1. The Kier molecular flexibility index (Phi) is 5.32. The van der Waals surface area contributed by atoms with Gasteiger partial charge in [0.15, 0.2) is 0 Å². The van der Waals surface area contributed by atoms with Gasteiger partial charge in [-0.05, 0) is 19.9 Å². The van der Waals surface area contributed by atoms with Crippen LogP contribution in [0.4, 0.5) is 10.3 Å². The number of aromatic nitrogens is 2. The molecule has 8 nitrogen and oxygen atoms in total. The van der Waals surface area contributed by atoms with Gasteiger partial charge in [0.05, 0.1) is 25.5 Å². The summed E-state index contributed by atoms with van der Waals surface area (Å²) < 4.78 is 25.0. The average Bonchev–Trinajstić information content (AvgIpc) is 2.59. The van der Waals surface area contributed by atoms with E-state index in [0.717, 1.165) is 0 Å². The fourth-order valence-electron chi connectivity index (χ4n) is 2.94. The zero-order valence-electron chi connectivity index (χ0n) is 14.0. The number of nitrogens with zero attached hydrogens (tertiary/aromatic N) is 3. The number of aliphatic hydroxyl groups is 1. The molecule has 0 saturated carbocycles. The van der Waals surface area contributed by atoms with Crippen molar-refractivity contribution in [2.45, 2.75) is 43.7 Å². The van der Waals surface area contributed by atoms with Crippen LogP contribution < -0.4 is 15.4 Å². The number of hydrogen-bond donors (Lipinski definition) is 3. The summed E-state index contributed by atoms with van der Waals surface area (Å²) in [4.78, 5) is 8.29. The summed E-state index contributed by atoms with van der Waals surface area (Å²) in [6.07, 6.45) is 0.825. The molecule has 3 heterocycles. The third-order valence-electron chi connectivity index (χ3n) is 4.46. The maximum absolute atomic E-state index is 13.9. The quantitative estimate of drug-likeness (QED) is 0.714. The second kappa shape index (κ2) is 7.47. The predicted octanol–water partition coefficient (Wildman–Crippen LogP) is 0.379. The fourth-order valence-corrected chi connectivity index (χ4v) is 2.94. The van der Waals surface area contributed by atoms with Gasteiger partial charge in [-0.25, -0.2) is 9.37 Å². The summed E-state index contributed by atoms with van der Waals surface area (Å²) in [6.45, 7) is 3.21. The van der Waals surface area contributed by atoms with Gasteiger partial charge in [0, 0.05) is 13.0 Å². The minimum Gasteiger partial charge on any atom is -0.470 e. The van der Waals surface area contributed by atoms with E-state index in [0.29, 0.717) is 26.0 Å². The highest BCUT2D eigenvalue weighted by Gasteiger charge is 2.38. The Morgan fingerprint density at radius 1 is 1.56 bits per heavy atom. The molecule has 0 spiro atoms. The average molecular weight is 351 g/mol. The SMILES string of the molecule is C[C@@]1(O)COCC[C@@H]1Oc1nc(N[C@H]2CCNC[C@H]2F)ncc1C#N. The Balaban J connectivity index is 1.77. The number of ether oxygens (including phenoxy) is 2. The van der Waals surface area contributed by atoms with Gasteiger partial charge in [0.25, 0.3) is 0 Å². The normalized spacial score (nSPS) is 32.6. The Bertz CT molecular complexity index is 651. The van der Waals surface area contributed by atoms with E-state index in [1.165, 1.54) is 6.20 Å². The molecule has 2 fully saturated rings. The van der Waals surface area contributed by atoms with Gasteiger partial charge in [0.1, 0.15) is 29.5 Å². The van der Waals surface area contributed by atoms with Crippen molar-refractivity contribution in [1.82, 2.24) is 15.3 Å². The Labute approximate surface area is 145 Å². The Morgan fingerprint density at radius 3 is 3.12 bits per heavy atom. The van der Waals surface area contributed by atoms with Crippen LogP contribution in [-0.2, 0) is 4.74 Å². The molecule has 25 heavy (non-hydrogen) atoms. The first kappa shape index (κ1) is 17.8. The molecule has 136 valence electrons. The predicted molar refractivity (Wildman–Crippen MR) is 87.0 cm³/mol. The topological polar surface area (TPSA) is 112 Å². The van der Waals surface area contributed by atoms with Gasteiger partial charge < -0.3 is 25.2 Å². The molecule has 0 aromatic carbocycles. The van der Waals surface area contributed by atoms with Crippen molar-refractivity contribution < 1.29 is 19.0 Å². The molecule has 0 bridgehead atoms. The Morgan fingerprint density at radius 2 is 2.40 bits per heavy atom. The highest BCUT2D eigenvalue weighted by molar-refractivity contribution is 5.41. The van der Waals surface area contributed by atoms with Gasteiger partial charge >= 0.3 is 0 Å². The third kappa shape index (κ3) is 4.15.